The van der Waals surface area contributed by atoms with Crippen LogP contribution in [-0.4, -0.2) is 38.9 Å². The molecule has 1 fully saturated rings. The third-order valence-corrected chi connectivity index (χ3v) is 5.15. The van der Waals surface area contributed by atoms with E-state index in [0.29, 0.717) is 6.54 Å². The standard InChI is InChI=1S/C17H20N4O2S/c1-12(22)21-10-3-4-15(21)16(23)19-13-5-7-14(8-6-13)24-17-18-9-11-20(17)2/h5-9,11,15H,3-4,10H2,1-2H3,(H,19,23)/t15-/m1/s1. The van der Waals surface area contributed by atoms with Crippen molar-refractivity contribution in [1.82, 2.24) is 14.5 Å². The highest BCUT2D eigenvalue weighted by atomic mass is 32.2. The lowest BCUT2D eigenvalue weighted by molar-refractivity contribution is -0.134. The fraction of sp³-hybridized carbons (Fsp3) is 0.353. The maximum atomic E-state index is 12.4. The van der Waals surface area contributed by atoms with Gasteiger partial charge < -0.3 is 14.8 Å². The summed E-state index contributed by atoms with van der Waals surface area (Å²) in [5, 5.41) is 3.82. The Hall–Kier alpha value is -2.28. The highest BCUT2D eigenvalue weighted by Gasteiger charge is 2.32. The first kappa shape index (κ1) is 16.6. The van der Waals surface area contributed by atoms with Crippen LogP contribution in [-0.2, 0) is 16.6 Å². The van der Waals surface area contributed by atoms with Crippen molar-refractivity contribution in [1.29, 1.82) is 0 Å². The molecule has 1 aromatic heterocycles. The molecule has 2 amide bonds. The Morgan fingerprint density at radius 1 is 1.29 bits per heavy atom. The number of aryl methyl sites for hydroxylation is 1. The van der Waals surface area contributed by atoms with Crippen LogP contribution in [0.15, 0.2) is 46.7 Å². The normalized spacial score (nSPS) is 17.1. The Kier molecular flexibility index (Phi) is 4.89. The molecule has 6 nitrogen and oxygen atoms in total. The van der Waals surface area contributed by atoms with Crippen molar-refractivity contribution >= 4 is 29.3 Å². The summed E-state index contributed by atoms with van der Waals surface area (Å²) in [5.41, 5.74) is 0.736. The number of carbonyl (C=O) groups is 2. The number of nitrogens with one attached hydrogen (secondary N) is 1. The Morgan fingerprint density at radius 3 is 2.67 bits per heavy atom. The van der Waals surface area contributed by atoms with Gasteiger partial charge in [-0.25, -0.2) is 4.98 Å². The van der Waals surface area contributed by atoms with Gasteiger partial charge in [0.15, 0.2) is 5.16 Å². The number of aromatic nitrogens is 2. The number of imidazole rings is 1. The molecule has 0 aliphatic carbocycles. The van der Waals surface area contributed by atoms with Gasteiger partial charge in [-0.2, -0.15) is 0 Å². The summed E-state index contributed by atoms with van der Waals surface area (Å²) in [7, 11) is 1.95. The van der Waals surface area contributed by atoms with Gasteiger partial charge in [0.2, 0.25) is 11.8 Å². The average Bonchev–Trinajstić information content (AvgIpc) is 3.19. The smallest absolute Gasteiger partial charge is 0.247 e. The second-order valence-corrected chi connectivity index (χ2v) is 6.85. The van der Waals surface area contributed by atoms with Crippen LogP contribution in [0.4, 0.5) is 5.69 Å². The van der Waals surface area contributed by atoms with Crippen molar-refractivity contribution in [3.8, 4) is 0 Å². The number of rotatable bonds is 4. The molecule has 1 saturated heterocycles. The first-order valence-electron chi connectivity index (χ1n) is 7.88. The lowest BCUT2D eigenvalue weighted by Crippen LogP contribution is -2.42. The summed E-state index contributed by atoms with van der Waals surface area (Å²) in [6.07, 6.45) is 5.26. The van der Waals surface area contributed by atoms with Gasteiger partial charge in [-0.15, -0.1) is 0 Å². The molecule has 24 heavy (non-hydrogen) atoms. The number of carbonyl (C=O) groups excluding carboxylic acids is 2. The number of likely N-dealkylation sites (tertiary alicyclic amines) is 1. The summed E-state index contributed by atoms with van der Waals surface area (Å²) in [4.78, 5) is 30.9. The Balaban J connectivity index is 1.63. The third kappa shape index (κ3) is 3.62. The fourth-order valence-electron chi connectivity index (χ4n) is 2.80. The number of hydrogen-bond donors (Lipinski definition) is 1. The van der Waals surface area contributed by atoms with E-state index >= 15 is 0 Å². The molecule has 0 radical (unpaired) electrons. The van der Waals surface area contributed by atoms with E-state index in [1.54, 1.807) is 22.9 Å². The highest BCUT2D eigenvalue weighted by Crippen LogP contribution is 2.27. The largest absolute Gasteiger partial charge is 0.331 e. The molecule has 1 aliphatic rings. The Bertz CT molecular complexity index is 741. The molecule has 0 saturated carbocycles. The quantitative estimate of drug-likeness (QED) is 0.925. The number of nitrogens with zero attached hydrogens (tertiary/aromatic N) is 3. The van der Waals surface area contributed by atoms with Crippen molar-refractivity contribution in [3.63, 3.8) is 0 Å². The van der Waals surface area contributed by atoms with E-state index in [0.717, 1.165) is 28.6 Å². The van der Waals surface area contributed by atoms with Crippen LogP contribution in [0.5, 0.6) is 0 Å². The van der Waals surface area contributed by atoms with Gasteiger partial charge in [0.1, 0.15) is 6.04 Å². The van der Waals surface area contributed by atoms with Gasteiger partial charge >= 0.3 is 0 Å². The zero-order valence-electron chi connectivity index (χ0n) is 13.7. The summed E-state index contributed by atoms with van der Waals surface area (Å²) in [5.74, 6) is -0.165. The number of amides is 2. The Labute approximate surface area is 145 Å². The maximum absolute atomic E-state index is 12.4. The zero-order valence-corrected chi connectivity index (χ0v) is 14.5. The minimum atomic E-state index is -0.357. The molecule has 1 aromatic carbocycles. The van der Waals surface area contributed by atoms with Crippen LogP contribution in [0.3, 0.4) is 0 Å². The lowest BCUT2D eigenvalue weighted by Gasteiger charge is -2.22. The average molecular weight is 344 g/mol. The molecule has 0 bridgehead atoms. The monoisotopic (exact) mass is 344 g/mol. The van der Waals surface area contributed by atoms with E-state index in [4.69, 9.17) is 0 Å². The molecule has 2 heterocycles. The van der Waals surface area contributed by atoms with Gasteiger partial charge in [0.05, 0.1) is 0 Å². The van der Waals surface area contributed by atoms with E-state index in [-0.39, 0.29) is 17.9 Å². The molecule has 2 aromatic rings. The predicted molar refractivity (Wildman–Crippen MR) is 92.8 cm³/mol. The zero-order chi connectivity index (χ0) is 17.1. The number of anilines is 1. The van der Waals surface area contributed by atoms with Crippen LogP contribution >= 0.6 is 11.8 Å². The Morgan fingerprint density at radius 2 is 2.04 bits per heavy atom. The number of hydrogen-bond acceptors (Lipinski definition) is 4. The molecule has 0 spiro atoms. The summed E-state index contributed by atoms with van der Waals surface area (Å²) < 4.78 is 1.96. The van der Waals surface area contributed by atoms with Crippen LogP contribution in [0, 0.1) is 0 Å². The van der Waals surface area contributed by atoms with Crippen molar-refractivity contribution in [2.24, 2.45) is 7.05 Å². The summed E-state index contributed by atoms with van der Waals surface area (Å²) >= 11 is 1.56. The molecular weight excluding hydrogens is 324 g/mol. The topological polar surface area (TPSA) is 67.2 Å². The van der Waals surface area contributed by atoms with Gasteiger partial charge in [0, 0.05) is 43.5 Å². The van der Waals surface area contributed by atoms with Crippen LogP contribution < -0.4 is 5.32 Å². The summed E-state index contributed by atoms with van der Waals surface area (Å²) in [6, 6.07) is 7.29. The first-order valence-corrected chi connectivity index (χ1v) is 8.69. The molecule has 1 aliphatic heterocycles. The van der Waals surface area contributed by atoms with E-state index in [2.05, 4.69) is 10.3 Å². The van der Waals surface area contributed by atoms with Crippen LogP contribution in [0.1, 0.15) is 19.8 Å². The molecule has 3 rings (SSSR count). The molecule has 126 valence electrons. The van der Waals surface area contributed by atoms with Crippen molar-refractivity contribution < 1.29 is 9.59 Å². The lowest BCUT2D eigenvalue weighted by atomic mass is 10.2. The SMILES string of the molecule is CC(=O)N1CCC[C@@H]1C(=O)Nc1ccc(Sc2nccn2C)cc1. The van der Waals surface area contributed by atoms with E-state index < -0.39 is 0 Å². The molecule has 0 unspecified atom stereocenters. The second kappa shape index (κ2) is 7.09. The fourth-order valence-corrected chi connectivity index (χ4v) is 3.61. The summed E-state index contributed by atoms with van der Waals surface area (Å²) in [6.45, 7) is 2.17. The van der Waals surface area contributed by atoms with Crippen LogP contribution in [0.2, 0.25) is 0 Å². The van der Waals surface area contributed by atoms with Crippen molar-refractivity contribution in [2.45, 2.75) is 35.9 Å². The molecular formula is C17H20N4O2S. The highest BCUT2D eigenvalue weighted by molar-refractivity contribution is 7.99. The molecule has 1 atom stereocenters. The van der Waals surface area contributed by atoms with E-state index in [1.165, 1.54) is 6.92 Å². The van der Waals surface area contributed by atoms with E-state index in [1.807, 2.05) is 42.1 Å². The minimum absolute atomic E-state index is 0.0468. The third-order valence-electron chi connectivity index (χ3n) is 4.07. The number of benzene rings is 1. The first-order chi connectivity index (χ1) is 11.5. The van der Waals surface area contributed by atoms with Gasteiger partial charge in [-0.05, 0) is 37.1 Å². The second-order valence-electron chi connectivity index (χ2n) is 5.81. The van der Waals surface area contributed by atoms with Crippen LogP contribution in [0.25, 0.3) is 0 Å². The molecule has 1 N–H and O–H groups in total. The predicted octanol–water partition coefficient (Wildman–Crippen LogP) is 2.52. The van der Waals surface area contributed by atoms with Gasteiger partial charge in [-0.1, -0.05) is 11.8 Å². The maximum Gasteiger partial charge on any atom is 0.247 e. The minimum Gasteiger partial charge on any atom is -0.331 e. The molecule has 7 heteroatoms. The van der Waals surface area contributed by atoms with E-state index in [9.17, 15) is 9.59 Å². The van der Waals surface area contributed by atoms with Gasteiger partial charge in [0.25, 0.3) is 0 Å². The van der Waals surface area contributed by atoms with Crippen molar-refractivity contribution in [2.75, 3.05) is 11.9 Å². The van der Waals surface area contributed by atoms with Crippen molar-refractivity contribution in [3.05, 3.63) is 36.7 Å². The van der Waals surface area contributed by atoms with Gasteiger partial charge in [-0.3, -0.25) is 9.59 Å².